The molecular weight excluding hydrogens is 384 g/mol. The van der Waals surface area contributed by atoms with Gasteiger partial charge in [0.2, 0.25) is 0 Å². The average molecular weight is 412 g/mol. The molecule has 0 radical (unpaired) electrons. The first kappa shape index (κ1) is 20.4. The molecule has 30 heavy (non-hydrogen) atoms. The van der Waals surface area contributed by atoms with Crippen molar-refractivity contribution < 1.29 is 19.4 Å². The van der Waals surface area contributed by atoms with E-state index in [9.17, 15) is 9.90 Å². The lowest BCUT2D eigenvalue weighted by Crippen LogP contribution is -2.42. The highest BCUT2D eigenvalue weighted by Gasteiger charge is 2.43. The zero-order valence-corrected chi connectivity index (χ0v) is 17.6. The highest BCUT2D eigenvalue weighted by Crippen LogP contribution is 2.40. The van der Waals surface area contributed by atoms with Gasteiger partial charge in [-0.25, -0.2) is 4.98 Å². The highest BCUT2D eigenvalue weighted by atomic mass is 16.5. The van der Waals surface area contributed by atoms with Crippen molar-refractivity contribution in [2.45, 2.75) is 25.0 Å². The number of benzene rings is 1. The summed E-state index contributed by atoms with van der Waals surface area (Å²) in [7, 11) is 5.01. The summed E-state index contributed by atoms with van der Waals surface area (Å²) in [5, 5.41) is 10.7. The van der Waals surface area contributed by atoms with Crippen molar-refractivity contribution in [1.82, 2.24) is 14.9 Å². The lowest BCUT2D eigenvalue weighted by atomic mass is 9.78. The number of anilines is 1. The number of aromatic nitrogens is 2. The van der Waals surface area contributed by atoms with Crippen molar-refractivity contribution in [3.63, 3.8) is 0 Å². The van der Waals surface area contributed by atoms with Crippen LogP contribution in [0.2, 0.25) is 0 Å². The molecule has 1 amide bonds. The van der Waals surface area contributed by atoms with Gasteiger partial charge in [-0.1, -0.05) is 12.1 Å². The zero-order valence-electron chi connectivity index (χ0n) is 17.6. The monoisotopic (exact) mass is 412 g/mol. The molecule has 1 aliphatic carbocycles. The van der Waals surface area contributed by atoms with Gasteiger partial charge in [-0.05, 0) is 36.8 Å². The van der Waals surface area contributed by atoms with Crippen LogP contribution in [0.5, 0.6) is 11.5 Å². The van der Waals surface area contributed by atoms with Gasteiger partial charge in [-0.15, -0.1) is 0 Å². The van der Waals surface area contributed by atoms with Crippen molar-refractivity contribution in [1.29, 1.82) is 0 Å². The summed E-state index contributed by atoms with van der Waals surface area (Å²) in [4.78, 5) is 24.6. The Morgan fingerprint density at radius 1 is 1.13 bits per heavy atom. The fraction of sp³-hybridized carbons (Fsp3) is 0.500. The number of hydrogen-bond donors (Lipinski definition) is 1. The number of methoxy groups -OCH3 is 1. The molecule has 8 nitrogen and oxygen atoms in total. The summed E-state index contributed by atoms with van der Waals surface area (Å²) in [5.41, 5.74) is 0.338. The van der Waals surface area contributed by atoms with Gasteiger partial charge in [0.1, 0.15) is 17.6 Å². The molecule has 1 saturated carbocycles. The Bertz CT molecular complexity index is 906. The van der Waals surface area contributed by atoms with Crippen molar-refractivity contribution in [3.05, 3.63) is 42.4 Å². The predicted molar refractivity (Wildman–Crippen MR) is 112 cm³/mol. The van der Waals surface area contributed by atoms with Crippen LogP contribution in [0.1, 0.15) is 23.3 Å². The fourth-order valence-electron chi connectivity index (χ4n) is 4.42. The summed E-state index contributed by atoms with van der Waals surface area (Å²) in [6, 6.07) is 7.50. The summed E-state index contributed by atoms with van der Waals surface area (Å²) in [5.74, 6) is 2.58. The fourth-order valence-corrected chi connectivity index (χ4v) is 4.42. The van der Waals surface area contributed by atoms with Crippen LogP contribution in [-0.2, 0) is 0 Å². The maximum Gasteiger partial charge on any atom is 0.273 e. The smallest absolute Gasteiger partial charge is 0.273 e. The van der Waals surface area contributed by atoms with E-state index >= 15 is 0 Å². The van der Waals surface area contributed by atoms with Gasteiger partial charge < -0.3 is 24.4 Å². The van der Waals surface area contributed by atoms with E-state index in [1.807, 2.05) is 24.3 Å². The Balaban J connectivity index is 1.46. The van der Waals surface area contributed by atoms with Crippen LogP contribution in [0, 0.1) is 11.8 Å². The van der Waals surface area contributed by atoms with Crippen LogP contribution < -0.4 is 14.4 Å². The maximum atomic E-state index is 12.2. The number of rotatable bonds is 5. The van der Waals surface area contributed by atoms with Crippen LogP contribution >= 0.6 is 0 Å². The number of aliphatic hydroxyl groups is 1. The van der Waals surface area contributed by atoms with E-state index in [0.29, 0.717) is 41.3 Å². The Morgan fingerprint density at radius 3 is 2.53 bits per heavy atom. The van der Waals surface area contributed by atoms with Gasteiger partial charge >= 0.3 is 0 Å². The third kappa shape index (κ3) is 4.05. The predicted octanol–water partition coefficient (Wildman–Crippen LogP) is 1.84. The van der Waals surface area contributed by atoms with E-state index in [-0.39, 0.29) is 12.0 Å². The van der Waals surface area contributed by atoms with Gasteiger partial charge in [-0.2, -0.15) is 0 Å². The van der Waals surface area contributed by atoms with Crippen LogP contribution in [0.4, 0.5) is 5.82 Å². The molecule has 1 aromatic heterocycles. The molecule has 1 aromatic carbocycles. The standard InChI is InChI=1S/C22H28N4O4/c1-25(2)22(28)16-10-23-11-21(24-16)26-12-14-8-17(27)20(9-15(14)13-26)30-19-7-5-4-6-18(19)29-3/h4-7,10-11,14-15,17,20,27H,8-9,12-13H2,1-3H3/t14-,15+,17+,20+/m0/s1. The van der Waals surface area contributed by atoms with E-state index in [4.69, 9.17) is 9.47 Å². The molecule has 1 aliphatic heterocycles. The third-order valence-corrected chi connectivity index (χ3v) is 6.00. The minimum atomic E-state index is -0.538. The van der Waals surface area contributed by atoms with Crippen molar-refractivity contribution in [3.8, 4) is 11.5 Å². The van der Waals surface area contributed by atoms with E-state index in [1.54, 1.807) is 27.4 Å². The minimum absolute atomic E-state index is 0.165. The Kier molecular flexibility index (Phi) is 5.76. The quantitative estimate of drug-likeness (QED) is 0.802. The normalized spacial score (nSPS) is 25.5. The second-order valence-electron chi connectivity index (χ2n) is 8.23. The van der Waals surface area contributed by atoms with Crippen LogP contribution in [-0.4, -0.2) is 72.4 Å². The van der Waals surface area contributed by atoms with Crippen LogP contribution in [0.25, 0.3) is 0 Å². The average Bonchev–Trinajstić information content (AvgIpc) is 3.16. The summed E-state index contributed by atoms with van der Waals surface area (Å²) in [6.07, 6.45) is 3.80. The number of amides is 1. The molecule has 2 fully saturated rings. The van der Waals surface area contributed by atoms with E-state index < -0.39 is 6.10 Å². The molecule has 4 atom stereocenters. The first-order valence-corrected chi connectivity index (χ1v) is 10.2. The van der Waals surface area contributed by atoms with Gasteiger partial charge in [0, 0.05) is 27.2 Å². The largest absolute Gasteiger partial charge is 0.493 e. The number of nitrogens with zero attached hydrogens (tertiary/aromatic N) is 4. The SMILES string of the molecule is COc1ccccc1O[C@@H]1C[C@@H]2CN(c3cncc(C(=O)N(C)C)n3)C[C@@H]2C[C@H]1O. The molecule has 4 rings (SSSR count). The molecule has 8 heteroatoms. The number of fused-ring (bicyclic) bond motifs is 1. The van der Waals surface area contributed by atoms with Crippen molar-refractivity contribution in [2.24, 2.45) is 11.8 Å². The molecule has 1 saturated heterocycles. The first-order chi connectivity index (χ1) is 14.5. The maximum absolute atomic E-state index is 12.2. The zero-order chi connectivity index (χ0) is 21.3. The summed E-state index contributed by atoms with van der Waals surface area (Å²) in [6.45, 7) is 1.59. The Morgan fingerprint density at radius 2 is 1.83 bits per heavy atom. The number of aliphatic hydroxyl groups excluding tert-OH is 1. The number of ether oxygens (including phenoxy) is 2. The number of carbonyl (C=O) groups excluding carboxylic acids is 1. The van der Waals surface area contributed by atoms with Gasteiger partial charge in [0.15, 0.2) is 11.5 Å². The third-order valence-electron chi connectivity index (χ3n) is 6.00. The molecule has 0 bridgehead atoms. The Hall–Kier alpha value is -2.87. The van der Waals surface area contributed by atoms with E-state index in [0.717, 1.165) is 19.5 Å². The van der Waals surface area contributed by atoms with E-state index in [2.05, 4.69) is 14.9 Å². The molecular formula is C22H28N4O4. The number of carbonyl (C=O) groups is 1. The lowest BCUT2D eigenvalue weighted by molar-refractivity contribution is -0.0240. The summed E-state index contributed by atoms with van der Waals surface area (Å²) < 4.78 is 11.5. The molecule has 2 aromatic rings. The second kappa shape index (κ2) is 8.47. The van der Waals surface area contributed by atoms with Gasteiger partial charge in [0.25, 0.3) is 5.91 Å². The number of hydrogen-bond acceptors (Lipinski definition) is 7. The lowest BCUT2D eigenvalue weighted by Gasteiger charge is -2.35. The molecule has 2 aliphatic rings. The minimum Gasteiger partial charge on any atom is -0.493 e. The topological polar surface area (TPSA) is 88.0 Å². The molecule has 2 heterocycles. The van der Waals surface area contributed by atoms with Crippen LogP contribution in [0.3, 0.4) is 0 Å². The highest BCUT2D eigenvalue weighted by molar-refractivity contribution is 5.91. The van der Waals surface area contributed by atoms with Crippen molar-refractivity contribution >= 4 is 11.7 Å². The molecule has 0 spiro atoms. The van der Waals surface area contributed by atoms with Crippen LogP contribution in [0.15, 0.2) is 36.7 Å². The Labute approximate surface area is 176 Å². The molecule has 0 unspecified atom stereocenters. The number of para-hydroxylation sites is 2. The second-order valence-corrected chi connectivity index (χ2v) is 8.23. The molecule has 160 valence electrons. The van der Waals surface area contributed by atoms with Gasteiger partial charge in [-0.3, -0.25) is 9.78 Å². The van der Waals surface area contributed by atoms with Gasteiger partial charge in [0.05, 0.1) is 25.6 Å². The first-order valence-electron chi connectivity index (χ1n) is 10.2. The summed E-state index contributed by atoms with van der Waals surface area (Å²) >= 11 is 0. The molecule has 1 N–H and O–H groups in total. The van der Waals surface area contributed by atoms with Crippen molar-refractivity contribution in [2.75, 3.05) is 39.2 Å². The van der Waals surface area contributed by atoms with E-state index in [1.165, 1.54) is 11.1 Å².